The maximum atomic E-state index is 2.39. The lowest BCUT2D eigenvalue weighted by Gasteiger charge is -2.28. The molecule has 0 saturated heterocycles. The number of hydrogen-bond acceptors (Lipinski definition) is 1. The molecular weight excluding hydrogens is 735 g/mol. The maximum Gasteiger partial charge on any atom is 0.0467 e. The molecule has 0 amide bonds. The van der Waals surface area contributed by atoms with Crippen molar-refractivity contribution in [3.8, 4) is 55.6 Å². The summed E-state index contributed by atoms with van der Waals surface area (Å²) >= 11 is 0. The molecule has 0 aromatic heterocycles. The number of nitrogens with zero attached hydrogens (tertiary/aromatic N) is 1. The Morgan fingerprint density at radius 1 is 0.295 bits per heavy atom. The van der Waals surface area contributed by atoms with Crippen molar-refractivity contribution < 1.29 is 0 Å². The van der Waals surface area contributed by atoms with Gasteiger partial charge in [-0.2, -0.15) is 0 Å². The molecular formula is C60H43N. The van der Waals surface area contributed by atoms with Crippen LogP contribution in [-0.4, -0.2) is 0 Å². The zero-order valence-electron chi connectivity index (χ0n) is 34.0. The van der Waals surface area contributed by atoms with Crippen molar-refractivity contribution in [1.82, 2.24) is 0 Å². The number of hydrogen-bond donors (Lipinski definition) is 0. The van der Waals surface area contributed by atoms with E-state index in [0.29, 0.717) is 0 Å². The molecule has 1 aliphatic rings. The monoisotopic (exact) mass is 777 g/mol. The normalized spacial score (nSPS) is 14.0. The van der Waals surface area contributed by atoms with E-state index in [-0.39, 0.29) is 5.41 Å². The van der Waals surface area contributed by atoms with Crippen LogP contribution in [0.15, 0.2) is 243 Å². The third kappa shape index (κ3) is 6.43. The standard InChI is InChI=1S/C60H43N/c1-60(51-22-6-3-7-23-51)57-27-11-10-25-56(57)59-55(26-14-28-58(59)60)50-21-13-24-54(41-50)61(53-37-33-45(34-38-53)49-30-29-43-17-8-9-18-46(43)40-49)52-35-31-44(32-36-52)48-20-12-19-47(39-48)42-15-4-2-5-16-42/h2-41H,1H3. The highest BCUT2D eigenvalue weighted by molar-refractivity contribution is 5.95. The van der Waals surface area contributed by atoms with Crippen LogP contribution in [0.1, 0.15) is 23.6 Å². The van der Waals surface area contributed by atoms with E-state index in [9.17, 15) is 0 Å². The summed E-state index contributed by atoms with van der Waals surface area (Å²) < 4.78 is 0. The Bertz CT molecular complexity index is 3180. The fourth-order valence-corrected chi connectivity index (χ4v) is 9.61. The third-order valence-electron chi connectivity index (χ3n) is 12.7. The molecule has 0 radical (unpaired) electrons. The number of benzene rings is 10. The Labute approximate surface area is 358 Å². The van der Waals surface area contributed by atoms with Crippen LogP contribution in [-0.2, 0) is 5.41 Å². The molecule has 0 heterocycles. The lowest BCUT2D eigenvalue weighted by molar-refractivity contribution is 0.714. The largest absolute Gasteiger partial charge is 0.310 e. The van der Waals surface area contributed by atoms with E-state index in [0.717, 1.165) is 17.1 Å². The summed E-state index contributed by atoms with van der Waals surface area (Å²) in [7, 11) is 0. The molecule has 1 nitrogen and oxygen atoms in total. The van der Waals surface area contributed by atoms with Gasteiger partial charge in [0.05, 0.1) is 0 Å². The molecule has 0 spiro atoms. The SMILES string of the molecule is CC1(c2ccccc2)c2ccccc2-c2c(-c3cccc(N(c4ccc(-c5cccc(-c6ccccc6)c5)cc4)c4ccc(-c5ccc6ccccc6c5)cc4)c3)cccc21. The molecule has 61 heavy (non-hydrogen) atoms. The predicted octanol–water partition coefficient (Wildman–Crippen LogP) is 16.3. The minimum atomic E-state index is -0.262. The molecule has 11 rings (SSSR count). The molecule has 10 aromatic carbocycles. The fourth-order valence-electron chi connectivity index (χ4n) is 9.61. The third-order valence-corrected chi connectivity index (χ3v) is 12.7. The zero-order chi connectivity index (χ0) is 40.8. The molecule has 1 unspecified atom stereocenters. The Balaban J connectivity index is 1.02. The predicted molar refractivity (Wildman–Crippen MR) is 258 cm³/mol. The molecule has 0 N–H and O–H groups in total. The highest BCUT2D eigenvalue weighted by atomic mass is 15.1. The Morgan fingerprint density at radius 3 is 1.51 bits per heavy atom. The highest BCUT2D eigenvalue weighted by Gasteiger charge is 2.41. The van der Waals surface area contributed by atoms with E-state index >= 15 is 0 Å². The summed E-state index contributed by atoms with van der Waals surface area (Å²) in [4.78, 5) is 2.39. The van der Waals surface area contributed by atoms with Crippen molar-refractivity contribution in [3.05, 3.63) is 259 Å². The number of fused-ring (bicyclic) bond motifs is 4. The summed E-state index contributed by atoms with van der Waals surface area (Å²) in [5.41, 5.74) is 19.3. The van der Waals surface area contributed by atoms with Gasteiger partial charge < -0.3 is 4.90 Å². The minimum absolute atomic E-state index is 0.262. The van der Waals surface area contributed by atoms with Gasteiger partial charge in [-0.3, -0.25) is 0 Å². The topological polar surface area (TPSA) is 3.24 Å². The van der Waals surface area contributed by atoms with Crippen LogP contribution in [0.5, 0.6) is 0 Å². The van der Waals surface area contributed by atoms with Crippen LogP contribution < -0.4 is 4.90 Å². The van der Waals surface area contributed by atoms with Crippen molar-refractivity contribution >= 4 is 27.8 Å². The van der Waals surface area contributed by atoms with Crippen LogP contribution in [0, 0.1) is 0 Å². The molecule has 10 aromatic rings. The van der Waals surface area contributed by atoms with Gasteiger partial charge in [0.15, 0.2) is 0 Å². The van der Waals surface area contributed by atoms with Crippen LogP contribution >= 0.6 is 0 Å². The van der Waals surface area contributed by atoms with Crippen LogP contribution in [0.2, 0.25) is 0 Å². The lowest BCUT2D eigenvalue weighted by Crippen LogP contribution is -2.22. The van der Waals surface area contributed by atoms with Crippen molar-refractivity contribution in [1.29, 1.82) is 0 Å². The first kappa shape index (κ1) is 36.3. The smallest absolute Gasteiger partial charge is 0.0467 e. The van der Waals surface area contributed by atoms with Gasteiger partial charge in [0.25, 0.3) is 0 Å². The van der Waals surface area contributed by atoms with E-state index in [1.54, 1.807) is 0 Å². The maximum absolute atomic E-state index is 2.39. The molecule has 1 heteroatoms. The molecule has 0 fully saturated rings. The van der Waals surface area contributed by atoms with Crippen molar-refractivity contribution in [2.45, 2.75) is 12.3 Å². The van der Waals surface area contributed by atoms with Gasteiger partial charge >= 0.3 is 0 Å². The molecule has 288 valence electrons. The van der Waals surface area contributed by atoms with Gasteiger partial charge in [-0.1, -0.05) is 194 Å². The average molecular weight is 778 g/mol. The van der Waals surface area contributed by atoms with E-state index in [4.69, 9.17) is 0 Å². The second-order valence-electron chi connectivity index (χ2n) is 16.3. The first-order chi connectivity index (χ1) is 30.1. The van der Waals surface area contributed by atoms with Gasteiger partial charge in [0, 0.05) is 22.5 Å². The first-order valence-corrected chi connectivity index (χ1v) is 21.2. The summed E-state index contributed by atoms with van der Waals surface area (Å²) in [5, 5.41) is 2.50. The van der Waals surface area contributed by atoms with Crippen LogP contribution in [0.25, 0.3) is 66.4 Å². The number of rotatable bonds is 8. The Morgan fingerprint density at radius 2 is 0.787 bits per heavy atom. The van der Waals surface area contributed by atoms with E-state index < -0.39 is 0 Å². The van der Waals surface area contributed by atoms with Gasteiger partial charge in [0.2, 0.25) is 0 Å². The summed E-state index contributed by atoms with van der Waals surface area (Å²) in [6.45, 7) is 2.39. The molecule has 1 atom stereocenters. The van der Waals surface area contributed by atoms with E-state index in [1.807, 2.05) is 0 Å². The van der Waals surface area contributed by atoms with Crippen molar-refractivity contribution in [2.75, 3.05) is 4.90 Å². The summed E-state index contributed by atoms with van der Waals surface area (Å²) in [6, 6.07) is 88.7. The quantitative estimate of drug-likeness (QED) is 0.149. The summed E-state index contributed by atoms with van der Waals surface area (Å²) in [5.74, 6) is 0. The Kier molecular flexibility index (Phi) is 9.02. The molecule has 0 saturated carbocycles. The zero-order valence-corrected chi connectivity index (χ0v) is 34.0. The second kappa shape index (κ2) is 15.1. The van der Waals surface area contributed by atoms with Crippen LogP contribution in [0.4, 0.5) is 17.1 Å². The fraction of sp³-hybridized carbons (Fsp3) is 0.0333. The summed E-state index contributed by atoms with van der Waals surface area (Å²) in [6.07, 6.45) is 0. The van der Waals surface area contributed by atoms with Crippen molar-refractivity contribution in [2.24, 2.45) is 0 Å². The highest BCUT2D eigenvalue weighted by Crippen LogP contribution is 2.55. The molecule has 0 aliphatic heterocycles. The Hall–Kier alpha value is -7.74. The van der Waals surface area contributed by atoms with Gasteiger partial charge in [0.1, 0.15) is 0 Å². The first-order valence-electron chi connectivity index (χ1n) is 21.2. The molecule has 0 bridgehead atoms. The van der Waals surface area contributed by atoms with Gasteiger partial charge in [-0.25, -0.2) is 0 Å². The van der Waals surface area contributed by atoms with Gasteiger partial charge in [-0.05, 0) is 139 Å². The van der Waals surface area contributed by atoms with E-state index in [1.165, 1.54) is 83.1 Å². The van der Waals surface area contributed by atoms with Crippen LogP contribution in [0.3, 0.4) is 0 Å². The second-order valence-corrected chi connectivity index (χ2v) is 16.3. The lowest BCUT2D eigenvalue weighted by atomic mass is 9.74. The van der Waals surface area contributed by atoms with Gasteiger partial charge in [-0.15, -0.1) is 0 Å². The number of anilines is 3. The van der Waals surface area contributed by atoms with Crippen molar-refractivity contribution in [3.63, 3.8) is 0 Å². The van der Waals surface area contributed by atoms with E-state index in [2.05, 4.69) is 254 Å². The molecule has 1 aliphatic carbocycles. The minimum Gasteiger partial charge on any atom is -0.310 e. The average Bonchev–Trinajstić information content (AvgIpc) is 3.61.